The molecule has 0 radical (unpaired) electrons. The molecule has 1 amide bonds. The summed E-state index contributed by atoms with van der Waals surface area (Å²) in [6, 6.07) is 14.0. The van der Waals surface area contributed by atoms with Crippen molar-refractivity contribution in [2.45, 2.75) is 45.1 Å². The Hall–Kier alpha value is -3.94. The third-order valence-electron chi connectivity index (χ3n) is 6.68. The summed E-state index contributed by atoms with van der Waals surface area (Å²) < 4.78 is 3.87. The third-order valence-corrected chi connectivity index (χ3v) is 6.68. The van der Waals surface area contributed by atoms with E-state index in [1.54, 1.807) is 4.68 Å². The second kappa shape index (κ2) is 7.28. The van der Waals surface area contributed by atoms with Crippen molar-refractivity contribution in [2.75, 3.05) is 5.32 Å². The van der Waals surface area contributed by atoms with Gasteiger partial charge < -0.3 is 15.2 Å². The number of amides is 1. The van der Waals surface area contributed by atoms with E-state index >= 15 is 0 Å². The first-order valence-electron chi connectivity index (χ1n) is 11.6. The fourth-order valence-electron chi connectivity index (χ4n) is 4.60. The molecule has 0 bridgehead atoms. The molecular weight excluding hydrogens is 426 g/mol. The summed E-state index contributed by atoms with van der Waals surface area (Å²) in [5.74, 6) is 2.89. The van der Waals surface area contributed by atoms with Gasteiger partial charge in [-0.25, -0.2) is 9.67 Å². The van der Waals surface area contributed by atoms with Crippen LogP contribution in [-0.2, 0) is 12.6 Å². The van der Waals surface area contributed by atoms with Crippen LogP contribution in [0, 0.1) is 6.92 Å². The maximum atomic E-state index is 12.2. The van der Waals surface area contributed by atoms with E-state index in [-0.39, 0.29) is 5.91 Å². The van der Waals surface area contributed by atoms with E-state index in [4.69, 9.17) is 9.97 Å². The van der Waals surface area contributed by atoms with Gasteiger partial charge in [-0.05, 0) is 81.6 Å². The van der Waals surface area contributed by atoms with Crippen molar-refractivity contribution in [1.82, 2.24) is 29.6 Å². The average molecular weight is 454 g/mol. The number of aromatic nitrogens is 5. The van der Waals surface area contributed by atoms with Crippen molar-refractivity contribution in [3.8, 4) is 17.1 Å². The van der Waals surface area contributed by atoms with Gasteiger partial charge in [-0.3, -0.25) is 4.79 Å². The number of rotatable bonds is 5. The van der Waals surface area contributed by atoms with Gasteiger partial charge in [0.15, 0.2) is 5.82 Å². The first kappa shape index (κ1) is 20.7. The van der Waals surface area contributed by atoms with Crippen LogP contribution in [0.3, 0.4) is 0 Å². The number of fused-ring (bicyclic) bond motifs is 1. The molecule has 2 aromatic carbocycles. The highest BCUT2D eigenvalue weighted by atomic mass is 16.2. The molecule has 0 atom stereocenters. The molecule has 0 saturated heterocycles. The Morgan fingerprint density at radius 3 is 2.59 bits per heavy atom. The molecule has 4 aromatic rings. The molecule has 172 valence electrons. The first-order chi connectivity index (χ1) is 16.3. The van der Waals surface area contributed by atoms with Crippen LogP contribution in [0.1, 0.15) is 60.0 Å². The second-order valence-electron chi connectivity index (χ2n) is 9.75. The normalized spacial score (nSPS) is 16.4. The molecule has 6 rings (SSSR count). The van der Waals surface area contributed by atoms with E-state index < -0.39 is 5.54 Å². The molecule has 1 fully saturated rings. The molecule has 1 aliphatic carbocycles. The van der Waals surface area contributed by atoms with Gasteiger partial charge >= 0.3 is 0 Å². The lowest BCUT2D eigenvalue weighted by atomic mass is 9.94. The molecule has 34 heavy (non-hydrogen) atoms. The van der Waals surface area contributed by atoms with Gasteiger partial charge in [0.2, 0.25) is 5.95 Å². The minimum absolute atomic E-state index is 0.0365. The predicted octanol–water partition coefficient (Wildman–Crippen LogP) is 4.58. The smallest absolute Gasteiger partial charge is 0.252 e. The van der Waals surface area contributed by atoms with Crippen molar-refractivity contribution in [1.29, 1.82) is 0 Å². The summed E-state index contributed by atoms with van der Waals surface area (Å²) in [7, 11) is 1.86. The number of nitrogens with one attached hydrogen (secondary N) is 2. The summed E-state index contributed by atoms with van der Waals surface area (Å²) in [6.45, 7) is 6.05. The fraction of sp³-hybridized carbons (Fsp3) is 0.308. The minimum Gasteiger partial charge on any atom is -0.343 e. The van der Waals surface area contributed by atoms with Crippen LogP contribution in [0.15, 0.2) is 48.7 Å². The molecule has 0 unspecified atom stereocenters. The zero-order valence-corrected chi connectivity index (χ0v) is 19.8. The number of carbonyl (C=O) groups is 1. The Balaban J connectivity index is 1.24. The van der Waals surface area contributed by atoms with E-state index in [2.05, 4.69) is 38.6 Å². The summed E-state index contributed by atoms with van der Waals surface area (Å²) in [5.41, 5.74) is 5.37. The number of nitrogens with zero attached hydrogens (tertiary/aromatic N) is 5. The Bertz CT molecular complexity index is 1420. The quantitative estimate of drug-likeness (QED) is 0.462. The molecule has 1 saturated carbocycles. The van der Waals surface area contributed by atoms with Crippen molar-refractivity contribution in [3.05, 3.63) is 71.3 Å². The van der Waals surface area contributed by atoms with Crippen LogP contribution in [0.4, 0.5) is 11.6 Å². The lowest BCUT2D eigenvalue weighted by Crippen LogP contribution is -2.32. The number of aryl methyl sites for hydroxylation is 2. The number of imidazole rings is 1. The monoisotopic (exact) mass is 453 g/mol. The van der Waals surface area contributed by atoms with Crippen molar-refractivity contribution < 1.29 is 4.79 Å². The summed E-state index contributed by atoms with van der Waals surface area (Å²) in [4.78, 5) is 21.6. The van der Waals surface area contributed by atoms with Gasteiger partial charge in [-0.1, -0.05) is 0 Å². The fourth-order valence-corrected chi connectivity index (χ4v) is 4.60. The van der Waals surface area contributed by atoms with Crippen LogP contribution in [-0.4, -0.2) is 30.2 Å². The Kier molecular flexibility index (Phi) is 4.42. The van der Waals surface area contributed by atoms with Gasteiger partial charge in [0, 0.05) is 41.7 Å². The van der Waals surface area contributed by atoms with E-state index in [1.165, 1.54) is 18.5 Å². The summed E-state index contributed by atoms with van der Waals surface area (Å²) in [5, 5.41) is 11.0. The summed E-state index contributed by atoms with van der Waals surface area (Å²) >= 11 is 0. The van der Waals surface area contributed by atoms with Crippen LogP contribution in [0.5, 0.6) is 0 Å². The van der Waals surface area contributed by atoms with Crippen LogP contribution >= 0.6 is 0 Å². The lowest BCUT2D eigenvalue weighted by molar-refractivity contribution is 0.0940. The van der Waals surface area contributed by atoms with Crippen LogP contribution < -0.4 is 10.6 Å². The number of benzene rings is 2. The molecule has 2 aliphatic rings. The van der Waals surface area contributed by atoms with Gasteiger partial charge in [0.1, 0.15) is 5.82 Å². The maximum absolute atomic E-state index is 12.2. The van der Waals surface area contributed by atoms with Crippen LogP contribution in [0.2, 0.25) is 0 Å². The maximum Gasteiger partial charge on any atom is 0.252 e. The van der Waals surface area contributed by atoms with Crippen molar-refractivity contribution >= 4 is 17.5 Å². The largest absolute Gasteiger partial charge is 0.343 e. The minimum atomic E-state index is -0.399. The SMILES string of the molecule is Cc1nc(C2CC2)cn1-c1ccc(-c2nc(Nc3ccc4c(c3)C(C)(C)NC4=O)n(C)n2)cc1. The molecule has 2 N–H and O–H groups in total. The third kappa shape index (κ3) is 3.46. The Morgan fingerprint density at radius 1 is 1.09 bits per heavy atom. The van der Waals surface area contributed by atoms with Gasteiger partial charge in [0.25, 0.3) is 5.91 Å². The van der Waals surface area contributed by atoms with Crippen molar-refractivity contribution in [3.63, 3.8) is 0 Å². The van der Waals surface area contributed by atoms with Gasteiger partial charge in [-0.2, -0.15) is 4.98 Å². The van der Waals surface area contributed by atoms with Crippen molar-refractivity contribution in [2.24, 2.45) is 7.05 Å². The zero-order chi connectivity index (χ0) is 23.6. The molecule has 2 aromatic heterocycles. The molecule has 0 spiro atoms. The number of carbonyl (C=O) groups excluding carboxylic acids is 1. The summed E-state index contributed by atoms with van der Waals surface area (Å²) in [6.07, 6.45) is 4.65. The average Bonchev–Trinajstić information content (AvgIpc) is 3.43. The Labute approximate surface area is 198 Å². The Morgan fingerprint density at radius 2 is 1.85 bits per heavy atom. The highest BCUT2D eigenvalue weighted by Gasteiger charge is 2.35. The number of hydrogen-bond donors (Lipinski definition) is 2. The topological polar surface area (TPSA) is 89.7 Å². The van der Waals surface area contributed by atoms with Gasteiger partial charge in [-0.15, -0.1) is 5.10 Å². The molecule has 3 heterocycles. The van der Waals surface area contributed by atoms with Gasteiger partial charge in [0.05, 0.1) is 11.2 Å². The van der Waals surface area contributed by atoms with E-state index in [1.807, 2.05) is 58.2 Å². The zero-order valence-electron chi connectivity index (χ0n) is 19.8. The van der Waals surface area contributed by atoms with E-state index in [9.17, 15) is 4.79 Å². The van der Waals surface area contributed by atoms with E-state index in [0.29, 0.717) is 23.3 Å². The standard InChI is InChI=1S/C26H27N7O/c1-15-27-22(16-5-6-16)14-33(15)19-10-7-17(8-11-19)23-29-25(32(4)31-23)28-18-9-12-20-21(13-18)26(2,3)30-24(20)34/h7-14,16H,5-6H2,1-4H3,(H,30,34)(H,28,29,31). The highest BCUT2D eigenvalue weighted by Crippen LogP contribution is 2.39. The molecule has 8 nitrogen and oxygen atoms in total. The van der Waals surface area contributed by atoms with Crippen LogP contribution in [0.25, 0.3) is 17.1 Å². The highest BCUT2D eigenvalue weighted by molar-refractivity contribution is 6.00. The molecular formula is C26H27N7O. The lowest BCUT2D eigenvalue weighted by Gasteiger charge is -2.19. The van der Waals surface area contributed by atoms with E-state index in [0.717, 1.165) is 28.3 Å². The molecule has 8 heteroatoms. The number of hydrogen-bond acceptors (Lipinski definition) is 5. The predicted molar refractivity (Wildman–Crippen MR) is 130 cm³/mol. The number of anilines is 2. The molecule has 1 aliphatic heterocycles. The first-order valence-corrected chi connectivity index (χ1v) is 11.6. The second-order valence-corrected chi connectivity index (χ2v) is 9.75.